The summed E-state index contributed by atoms with van der Waals surface area (Å²) in [4.78, 5) is 1.04. The van der Waals surface area contributed by atoms with E-state index < -0.39 is 10.0 Å². The summed E-state index contributed by atoms with van der Waals surface area (Å²) in [6.45, 7) is 2.60. The topological polar surface area (TPSA) is 58.2 Å². The summed E-state index contributed by atoms with van der Waals surface area (Å²) >= 11 is 3.41. The quantitative estimate of drug-likeness (QED) is 0.728. The molecule has 1 heterocycles. The third-order valence-electron chi connectivity index (χ3n) is 2.72. The number of thiophene rings is 1. The van der Waals surface area contributed by atoms with Gasteiger partial charge in [0.1, 0.15) is 4.21 Å². The lowest BCUT2D eigenvalue weighted by Gasteiger charge is -2.07. The highest BCUT2D eigenvalue weighted by molar-refractivity contribution is 14.1. The summed E-state index contributed by atoms with van der Waals surface area (Å²) in [6, 6.07) is 9.03. The summed E-state index contributed by atoms with van der Waals surface area (Å²) in [6.07, 6.45) is 0. The summed E-state index contributed by atoms with van der Waals surface area (Å²) in [5.41, 5.74) is 1.60. The molecule has 108 valence electrons. The van der Waals surface area contributed by atoms with Crippen molar-refractivity contribution >= 4 is 49.6 Å². The van der Waals surface area contributed by atoms with Gasteiger partial charge in [-0.05, 0) is 60.3 Å². The normalized spacial score (nSPS) is 11.6. The zero-order chi connectivity index (χ0) is 14.8. The minimum atomic E-state index is -3.52. The molecule has 0 amide bonds. The lowest BCUT2D eigenvalue weighted by Crippen LogP contribution is -2.12. The molecule has 0 aliphatic heterocycles. The average molecular weight is 422 g/mol. The summed E-state index contributed by atoms with van der Waals surface area (Å²) < 4.78 is 28.7. The van der Waals surface area contributed by atoms with E-state index in [0.717, 1.165) is 14.0 Å². The van der Waals surface area contributed by atoms with Crippen molar-refractivity contribution in [2.45, 2.75) is 17.7 Å². The van der Waals surface area contributed by atoms with E-state index in [9.17, 15) is 8.42 Å². The number of rotatable bonds is 5. The summed E-state index contributed by atoms with van der Waals surface area (Å²) in [5, 5.41) is 3.04. The van der Waals surface area contributed by atoms with Crippen LogP contribution in [0.1, 0.15) is 10.4 Å². The Morgan fingerprint density at radius 2 is 2.00 bits per heavy atom. The monoisotopic (exact) mass is 422 g/mol. The fraction of sp³-hybridized carbons (Fsp3) is 0.231. The van der Waals surface area contributed by atoms with E-state index in [4.69, 9.17) is 0 Å². The fourth-order valence-corrected chi connectivity index (χ4v) is 5.08. The first-order valence-corrected chi connectivity index (χ1v) is 9.33. The van der Waals surface area contributed by atoms with Gasteiger partial charge in [-0.2, -0.15) is 0 Å². The molecular formula is C13H15IN2O2S2. The molecule has 2 N–H and O–H groups in total. The number of para-hydroxylation sites is 1. The Morgan fingerprint density at radius 1 is 1.30 bits per heavy atom. The van der Waals surface area contributed by atoms with Crippen LogP contribution in [0.5, 0.6) is 0 Å². The molecule has 0 unspecified atom stereocenters. The standard InChI is InChI=1S/C13H15IN2O2S2/c1-9-7-13(19-12(9)8-15-2)20(17,18)16-11-6-4-3-5-10(11)14/h3-7,15-16H,8H2,1-2H3. The second-order valence-electron chi connectivity index (χ2n) is 4.29. The molecular weight excluding hydrogens is 407 g/mol. The predicted octanol–water partition coefficient (Wildman–Crippen LogP) is 3.18. The van der Waals surface area contributed by atoms with E-state index in [1.54, 1.807) is 12.1 Å². The molecule has 0 saturated carbocycles. The van der Waals surface area contributed by atoms with Gasteiger partial charge >= 0.3 is 0 Å². The first-order chi connectivity index (χ1) is 9.44. The van der Waals surface area contributed by atoms with Gasteiger partial charge in [-0.1, -0.05) is 12.1 Å². The van der Waals surface area contributed by atoms with Crippen molar-refractivity contribution in [2.24, 2.45) is 0 Å². The zero-order valence-electron chi connectivity index (χ0n) is 11.1. The molecule has 1 aromatic heterocycles. The van der Waals surface area contributed by atoms with Gasteiger partial charge < -0.3 is 5.32 Å². The molecule has 4 nitrogen and oxygen atoms in total. The number of benzene rings is 1. The van der Waals surface area contributed by atoms with Gasteiger partial charge in [-0.3, -0.25) is 4.72 Å². The van der Waals surface area contributed by atoms with Crippen LogP contribution in [0.3, 0.4) is 0 Å². The molecule has 2 rings (SSSR count). The number of nitrogens with one attached hydrogen (secondary N) is 2. The van der Waals surface area contributed by atoms with Crippen LogP contribution in [0.15, 0.2) is 34.5 Å². The number of halogens is 1. The molecule has 0 fully saturated rings. The van der Waals surface area contributed by atoms with Crippen LogP contribution >= 0.6 is 33.9 Å². The van der Waals surface area contributed by atoms with Crippen molar-refractivity contribution in [1.82, 2.24) is 5.32 Å². The van der Waals surface area contributed by atoms with Gasteiger partial charge in [0.05, 0.1) is 5.69 Å². The highest BCUT2D eigenvalue weighted by Crippen LogP contribution is 2.28. The van der Waals surface area contributed by atoms with Crippen LogP contribution in [0, 0.1) is 10.5 Å². The molecule has 0 saturated heterocycles. The van der Waals surface area contributed by atoms with Crippen LogP contribution < -0.4 is 10.0 Å². The second-order valence-corrected chi connectivity index (χ2v) is 8.50. The largest absolute Gasteiger partial charge is 0.315 e. The van der Waals surface area contributed by atoms with Crippen molar-refractivity contribution < 1.29 is 8.42 Å². The first-order valence-electron chi connectivity index (χ1n) is 5.95. The molecule has 0 bridgehead atoms. The van der Waals surface area contributed by atoms with Crippen LogP contribution in [0.4, 0.5) is 5.69 Å². The average Bonchev–Trinajstić information content (AvgIpc) is 2.75. The third kappa shape index (κ3) is 3.51. The highest BCUT2D eigenvalue weighted by Gasteiger charge is 2.19. The van der Waals surface area contributed by atoms with Crippen LogP contribution in [-0.2, 0) is 16.6 Å². The van der Waals surface area contributed by atoms with Crippen LogP contribution in [0.2, 0.25) is 0 Å². The van der Waals surface area contributed by atoms with E-state index in [-0.39, 0.29) is 0 Å². The van der Waals surface area contributed by atoms with Crippen molar-refractivity contribution in [3.63, 3.8) is 0 Å². The van der Waals surface area contributed by atoms with Gasteiger partial charge in [-0.15, -0.1) is 11.3 Å². The maximum atomic E-state index is 12.4. The molecule has 0 spiro atoms. The van der Waals surface area contributed by atoms with E-state index >= 15 is 0 Å². The first kappa shape index (κ1) is 15.7. The highest BCUT2D eigenvalue weighted by atomic mass is 127. The van der Waals surface area contributed by atoms with Crippen molar-refractivity contribution in [1.29, 1.82) is 0 Å². The van der Waals surface area contributed by atoms with E-state index in [0.29, 0.717) is 16.4 Å². The molecule has 1 aromatic carbocycles. The maximum absolute atomic E-state index is 12.4. The Labute approximate surface area is 136 Å². The van der Waals surface area contributed by atoms with Crippen LogP contribution in [0.25, 0.3) is 0 Å². The Bertz CT molecular complexity index is 711. The fourth-order valence-electron chi connectivity index (χ4n) is 1.70. The van der Waals surface area contributed by atoms with Crippen molar-refractivity contribution in [2.75, 3.05) is 11.8 Å². The summed E-state index contributed by atoms with van der Waals surface area (Å²) in [7, 11) is -1.67. The Balaban J connectivity index is 2.31. The smallest absolute Gasteiger partial charge is 0.271 e. The number of aryl methyl sites for hydroxylation is 1. The lowest BCUT2D eigenvalue weighted by molar-refractivity contribution is 0.603. The molecule has 20 heavy (non-hydrogen) atoms. The Kier molecular flexibility index (Phi) is 5.05. The minimum absolute atomic E-state index is 0.347. The predicted molar refractivity (Wildman–Crippen MR) is 91.8 cm³/mol. The second kappa shape index (κ2) is 6.42. The van der Waals surface area contributed by atoms with Gasteiger partial charge in [0, 0.05) is 15.0 Å². The van der Waals surface area contributed by atoms with Gasteiger partial charge in [-0.25, -0.2) is 8.42 Å². The van der Waals surface area contributed by atoms with Gasteiger partial charge in [0.15, 0.2) is 0 Å². The molecule has 0 aliphatic rings. The maximum Gasteiger partial charge on any atom is 0.271 e. The van der Waals surface area contributed by atoms with E-state index in [2.05, 4.69) is 32.6 Å². The van der Waals surface area contributed by atoms with E-state index in [1.807, 2.05) is 32.2 Å². The Morgan fingerprint density at radius 3 is 2.65 bits per heavy atom. The van der Waals surface area contributed by atoms with Gasteiger partial charge in [0.2, 0.25) is 0 Å². The number of hydrogen-bond acceptors (Lipinski definition) is 4. The molecule has 0 atom stereocenters. The number of sulfonamides is 1. The molecule has 0 aliphatic carbocycles. The minimum Gasteiger partial charge on any atom is -0.315 e. The van der Waals surface area contributed by atoms with Crippen molar-refractivity contribution in [3.05, 3.63) is 44.3 Å². The van der Waals surface area contributed by atoms with Crippen LogP contribution in [-0.4, -0.2) is 15.5 Å². The van der Waals surface area contributed by atoms with E-state index in [1.165, 1.54) is 11.3 Å². The Hall–Kier alpha value is -0.640. The summed E-state index contributed by atoms with van der Waals surface area (Å²) in [5.74, 6) is 0. The molecule has 2 aromatic rings. The number of hydrogen-bond donors (Lipinski definition) is 2. The third-order valence-corrected chi connectivity index (χ3v) is 6.74. The molecule has 0 radical (unpaired) electrons. The zero-order valence-corrected chi connectivity index (χ0v) is 14.9. The lowest BCUT2D eigenvalue weighted by atomic mass is 10.3. The molecule has 7 heteroatoms. The number of anilines is 1. The SMILES string of the molecule is CNCc1sc(S(=O)(=O)Nc2ccccc2I)cc1C. The van der Waals surface area contributed by atoms with Gasteiger partial charge in [0.25, 0.3) is 10.0 Å². The van der Waals surface area contributed by atoms with Crippen molar-refractivity contribution in [3.8, 4) is 0 Å².